The molecule has 3 rings (SSSR count). The number of nitrogens with zero attached hydrogens (tertiary/aromatic N) is 2. The molecule has 1 atom stereocenters. The molecule has 7 heteroatoms. The van der Waals surface area contributed by atoms with E-state index in [0.29, 0.717) is 5.56 Å². The number of aromatic hydroxyl groups is 1. The van der Waals surface area contributed by atoms with Gasteiger partial charge < -0.3 is 0 Å². The number of benzene rings is 2. The molecule has 0 spiro atoms. The minimum atomic E-state index is -1.04. The Morgan fingerprint density at radius 1 is 1.21 bits per heavy atom. The van der Waals surface area contributed by atoms with Crippen LogP contribution < -0.4 is 5.48 Å². The molecule has 0 saturated carbocycles. The third-order valence-electron chi connectivity index (χ3n) is 4.99. The second-order valence-electron chi connectivity index (χ2n) is 6.60. The van der Waals surface area contributed by atoms with Gasteiger partial charge in [-0.3, -0.25) is 0 Å². The summed E-state index contributed by atoms with van der Waals surface area (Å²) in [5, 5.41) is 11.0. The van der Waals surface area contributed by atoms with Gasteiger partial charge in [0.05, 0.1) is 0 Å². The zero-order valence-corrected chi connectivity index (χ0v) is 20.9. The third-order valence-corrected chi connectivity index (χ3v) is 8.41. The van der Waals surface area contributed by atoms with Crippen LogP contribution in [0, 0.1) is 13.8 Å². The van der Waals surface area contributed by atoms with Crippen molar-refractivity contribution in [1.82, 2.24) is 12.8 Å². The molecule has 0 fully saturated rings. The summed E-state index contributed by atoms with van der Waals surface area (Å²) in [5.41, 5.74) is 7.34. The summed E-state index contributed by atoms with van der Waals surface area (Å²) in [7, 11) is 1.36. The van der Waals surface area contributed by atoms with Crippen molar-refractivity contribution < 1.29 is 14.7 Å². The van der Waals surface area contributed by atoms with Crippen molar-refractivity contribution in [3.8, 4) is 5.75 Å². The van der Waals surface area contributed by atoms with Gasteiger partial charge in [-0.2, -0.15) is 0 Å². The molecular weight excluding hydrogens is 547 g/mol. The van der Waals surface area contributed by atoms with E-state index in [1.165, 1.54) is 12.7 Å². The number of hydrogen-bond donors (Lipinski definition) is 2. The topological polar surface area (TPSA) is 76.4 Å². The predicted octanol–water partition coefficient (Wildman–Crippen LogP) is 3.19. The van der Waals surface area contributed by atoms with Gasteiger partial charge in [-0.1, -0.05) is 0 Å². The Morgan fingerprint density at radius 3 is 2.61 bits per heavy atom. The van der Waals surface area contributed by atoms with E-state index in [4.69, 9.17) is 4.84 Å². The maximum absolute atomic E-state index is 12.3. The van der Waals surface area contributed by atoms with Crippen molar-refractivity contribution in [2.75, 3.05) is 7.11 Å². The van der Waals surface area contributed by atoms with Gasteiger partial charge in [0.2, 0.25) is 0 Å². The van der Waals surface area contributed by atoms with E-state index in [1.807, 2.05) is 18.5 Å². The molecule has 1 amide bonds. The van der Waals surface area contributed by atoms with Crippen molar-refractivity contribution in [2.24, 2.45) is 0 Å². The molecule has 0 bridgehead atoms. The number of imidazole rings is 1. The van der Waals surface area contributed by atoms with Gasteiger partial charge in [-0.15, -0.1) is 0 Å². The zero-order valence-electron chi connectivity index (χ0n) is 16.4. The first-order valence-corrected chi connectivity index (χ1v) is 15.5. The van der Waals surface area contributed by atoms with Crippen LogP contribution in [0.1, 0.15) is 44.2 Å². The van der Waals surface area contributed by atoms with Gasteiger partial charge in [0, 0.05) is 0 Å². The maximum atomic E-state index is 12.3. The molecule has 0 aliphatic carbocycles. The van der Waals surface area contributed by atoms with Crippen LogP contribution in [0.2, 0.25) is 4.48 Å². The third kappa shape index (κ3) is 3.97. The van der Waals surface area contributed by atoms with Crippen LogP contribution in [-0.4, -0.2) is 50.0 Å². The molecule has 2 N–H and O–H groups in total. The number of carbonyl (C=O) groups excluding carboxylic acids is 1. The Bertz CT molecular complexity index is 1000. The molecule has 0 radical (unpaired) electrons. The number of hydrogen-bond acceptors (Lipinski definition) is 4. The first-order chi connectivity index (χ1) is 13.5. The summed E-state index contributed by atoms with van der Waals surface area (Å²) in [4.78, 5) is 21.6. The summed E-state index contributed by atoms with van der Waals surface area (Å²) in [6, 6.07) is 11.3. The summed E-state index contributed by atoms with van der Waals surface area (Å²) in [6.07, 6.45) is 3.95. The van der Waals surface area contributed by atoms with E-state index in [1.54, 1.807) is 12.1 Å². The fourth-order valence-corrected chi connectivity index (χ4v) is 5.29. The Hall–Kier alpha value is -2.20. The number of phenols is 1. The summed E-state index contributed by atoms with van der Waals surface area (Å²) in [6.45, 7) is 4.14. The van der Waals surface area contributed by atoms with Crippen LogP contribution in [0.5, 0.6) is 5.75 Å². The summed E-state index contributed by atoms with van der Waals surface area (Å²) < 4.78 is 4.46. The molecule has 1 aromatic heterocycles. The molecule has 6 nitrogen and oxygen atoms in total. The average Bonchev–Trinajstić information content (AvgIpc) is 3.15. The summed E-state index contributed by atoms with van der Waals surface area (Å²) >= 11 is -1.04. The molecule has 0 aliphatic heterocycles. The fourth-order valence-electron chi connectivity index (χ4n) is 3.34. The minimum absolute atomic E-state index is 0.0580. The van der Waals surface area contributed by atoms with Gasteiger partial charge in [-0.05, 0) is 0 Å². The van der Waals surface area contributed by atoms with Crippen LogP contribution in [-0.2, 0) is 4.84 Å². The zero-order chi connectivity index (χ0) is 20.3. The Labute approximate surface area is 177 Å². The van der Waals surface area contributed by atoms with Crippen LogP contribution in [0.15, 0.2) is 48.9 Å². The molecule has 3 aromatic rings. The Balaban J connectivity index is 2.22. The molecular formula is C21H23N3O3Tl. The predicted molar refractivity (Wildman–Crippen MR) is 109 cm³/mol. The van der Waals surface area contributed by atoms with Gasteiger partial charge >= 0.3 is 178 Å². The van der Waals surface area contributed by atoms with Crippen LogP contribution in [0.4, 0.5) is 0 Å². The van der Waals surface area contributed by atoms with Gasteiger partial charge in [-0.25, -0.2) is 0 Å². The second-order valence-corrected chi connectivity index (χ2v) is 10.9. The van der Waals surface area contributed by atoms with E-state index in [-0.39, 0.29) is 17.2 Å². The number of hydroxylamine groups is 1. The monoisotopic (exact) mass is 570 g/mol. The molecule has 0 aliphatic rings. The van der Waals surface area contributed by atoms with Crippen LogP contribution in [0.25, 0.3) is 0 Å². The number of aromatic nitrogens is 2. The number of rotatable bonds is 6. The number of amides is 1. The first-order valence-electron chi connectivity index (χ1n) is 9.02. The number of aryl methyl sites for hydroxylation is 1. The van der Waals surface area contributed by atoms with Crippen LogP contribution in [0.3, 0.4) is 0 Å². The van der Waals surface area contributed by atoms with Gasteiger partial charge in [0.25, 0.3) is 0 Å². The molecule has 2 aromatic carbocycles. The standard InChI is InChI=1S/C20H21N3O3.CH3.Tl/c1-12-6-4-7-14(13(12)2)18(17-10-21-11-22-17)15-8-5-9-16(19(15)24)20(25)23-26-3;;/h4-11,18H,1-3H3,(H3,21,22,23,24,25);1H3;/q;;+1/p-1. The van der Waals surface area contributed by atoms with Crippen molar-refractivity contribution in [3.63, 3.8) is 0 Å². The molecule has 0 saturated heterocycles. The van der Waals surface area contributed by atoms with E-state index >= 15 is 0 Å². The van der Waals surface area contributed by atoms with Crippen molar-refractivity contribution in [3.05, 3.63) is 82.4 Å². The van der Waals surface area contributed by atoms with E-state index in [2.05, 4.69) is 49.5 Å². The van der Waals surface area contributed by atoms with Crippen LogP contribution >= 0.6 is 0 Å². The van der Waals surface area contributed by atoms with Crippen molar-refractivity contribution in [1.29, 1.82) is 0 Å². The summed E-state index contributed by atoms with van der Waals surface area (Å²) in [5.74, 6) is -0.817. The Morgan fingerprint density at radius 2 is 1.93 bits per heavy atom. The molecule has 1 heterocycles. The van der Waals surface area contributed by atoms with Crippen molar-refractivity contribution >= 4 is 30.4 Å². The quantitative estimate of drug-likeness (QED) is 0.353. The molecule has 1 unspecified atom stereocenters. The number of para-hydroxylation sites is 1. The SMILES string of the molecule is CONC(=O)c1cccc(C(c2c[n]([Tl][CH3])cn2)c2cccc(C)c2C)c1O. The molecule has 143 valence electrons. The number of carbonyl (C=O) groups is 1. The van der Waals surface area contributed by atoms with E-state index in [9.17, 15) is 9.90 Å². The molecule has 28 heavy (non-hydrogen) atoms. The average molecular weight is 570 g/mol. The Kier molecular flexibility index (Phi) is 6.50. The first kappa shape index (κ1) is 20.5. The van der Waals surface area contributed by atoms with E-state index in [0.717, 1.165) is 16.8 Å². The van der Waals surface area contributed by atoms with E-state index < -0.39 is 30.4 Å². The normalized spacial score (nSPS) is 11.7. The number of nitrogens with one attached hydrogen (secondary N) is 1. The van der Waals surface area contributed by atoms with Gasteiger partial charge in [0.1, 0.15) is 0 Å². The second kappa shape index (κ2) is 8.87. The number of phenolic OH excluding ortho intramolecular Hbond substituents is 1. The van der Waals surface area contributed by atoms with Crippen molar-refractivity contribution in [2.45, 2.75) is 24.2 Å². The van der Waals surface area contributed by atoms with Gasteiger partial charge in [0.15, 0.2) is 0 Å². The fraction of sp³-hybridized carbons (Fsp3) is 0.238.